The van der Waals surface area contributed by atoms with Gasteiger partial charge in [-0.2, -0.15) is 49.5 Å². The maximum absolute atomic E-state index is 4.71. The molecule has 122 valence electrons. The van der Waals surface area contributed by atoms with Gasteiger partial charge in [0.25, 0.3) is 0 Å². The minimum absolute atomic E-state index is 0.431. The topological polar surface area (TPSA) is 41.8 Å². The summed E-state index contributed by atoms with van der Waals surface area (Å²) in [6.45, 7) is 1.04. The van der Waals surface area contributed by atoms with Gasteiger partial charge in [0.15, 0.2) is 0 Å². The summed E-state index contributed by atoms with van der Waals surface area (Å²) < 4.78 is 14.1. The molecule has 1 aliphatic heterocycles. The first-order chi connectivity index (χ1) is 10.3. The maximum Gasteiger partial charge on any atom is -0.0561 e. The molecule has 0 amide bonds. The van der Waals surface area contributed by atoms with Gasteiger partial charge in [0, 0.05) is 0 Å². The Bertz CT molecular complexity index is 320. The minimum atomic E-state index is -1.36. The summed E-state index contributed by atoms with van der Waals surface area (Å²) in [5, 5.41) is 4.57. The van der Waals surface area contributed by atoms with Crippen LogP contribution in [0.25, 0.3) is 5.32 Å². The number of hydrogen-bond donors (Lipinski definition) is 0. The largest absolute Gasteiger partial charge is 0.657 e. The third kappa shape index (κ3) is 9.93. The standard InChI is InChI=1S/C11H13N.C3H10O3P.ClH.Ir/c1-2-6-10(7-3-1)11-8-4-5-9-12-11;1-4-7(5-2)6-3;;/h1-3,6,11H,4-5,8-9H2;7H,1-3H3;1H;/q-2;+1;;+3/p-1. The third-order valence-electron chi connectivity index (χ3n) is 2.83. The van der Waals surface area contributed by atoms with Gasteiger partial charge in [-0.05, 0) is 0 Å². The molecule has 0 radical (unpaired) electrons. The van der Waals surface area contributed by atoms with Crippen molar-refractivity contribution in [3.05, 3.63) is 41.2 Å². The summed E-state index contributed by atoms with van der Waals surface area (Å²) >= 11 is 1.47. The van der Waals surface area contributed by atoms with Crippen molar-refractivity contribution in [2.24, 2.45) is 0 Å². The quantitative estimate of drug-likeness (QED) is 0.436. The summed E-state index contributed by atoms with van der Waals surface area (Å²) in [6, 6.07) is 11.8. The summed E-state index contributed by atoms with van der Waals surface area (Å²) in [5.74, 6) is 0. The molecule has 0 N–H and O–H groups in total. The van der Waals surface area contributed by atoms with Gasteiger partial charge in [0.2, 0.25) is 0 Å². The van der Waals surface area contributed by atoms with Crippen LogP contribution in [-0.4, -0.2) is 27.9 Å². The molecular weight excluding hydrogens is 489 g/mol. The van der Waals surface area contributed by atoms with E-state index in [4.69, 9.17) is 13.6 Å². The normalized spacial score (nSPS) is 17.3. The Morgan fingerprint density at radius 1 is 1.19 bits per heavy atom. The molecule has 0 saturated carbocycles. The second-order valence-corrected chi connectivity index (χ2v) is 5.82. The summed E-state index contributed by atoms with van der Waals surface area (Å²) in [6.07, 6.45) is 3.79. The molecule has 1 saturated heterocycles. The molecule has 21 heavy (non-hydrogen) atoms. The van der Waals surface area contributed by atoms with Crippen LogP contribution in [0.3, 0.4) is 0 Å². The summed E-state index contributed by atoms with van der Waals surface area (Å²) in [4.78, 5) is 0. The Labute approximate surface area is 144 Å². The number of nitrogens with zero attached hydrogens (tertiary/aromatic N) is 1. The van der Waals surface area contributed by atoms with Crippen LogP contribution >= 0.6 is 18.2 Å². The van der Waals surface area contributed by atoms with Gasteiger partial charge in [-0.25, -0.2) is 0 Å². The van der Waals surface area contributed by atoms with E-state index in [1.165, 1.54) is 42.7 Å². The van der Waals surface area contributed by atoms with Gasteiger partial charge in [-0.3, -0.25) is 0 Å². The monoisotopic (exact) mass is 512 g/mol. The molecule has 0 bridgehead atoms. The zero-order valence-corrected chi connectivity index (χ0v) is 16.7. The molecule has 7 heteroatoms. The molecule has 0 aliphatic carbocycles. The molecule has 1 fully saturated rings. The van der Waals surface area contributed by atoms with E-state index in [-0.39, 0.29) is 0 Å². The predicted molar refractivity (Wildman–Crippen MR) is 85.3 cm³/mol. The Balaban J connectivity index is 0.000000385. The van der Waals surface area contributed by atoms with Crippen molar-refractivity contribution in [3.8, 4) is 0 Å². The molecule has 0 aromatic heterocycles. The second-order valence-electron chi connectivity index (χ2n) is 4.10. The number of piperidine rings is 1. The fourth-order valence-electron chi connectivity index (χ4n) is 1.91. The summed E-state index contributed by atoms with van der Waals surface area (Å²) in [5.41, 5.74) is 1.26. The van der Waals surface area contributed by atoms with Crippen LogP contribution in [0.15, 0.2) is 24.3 Å². The van der Waals surface area contributed by atoms with E-state index in [9.17, 15) is 0 Å². The van der Waals surface area contributed by atoms with E-state index < -0.39 is 8.60 Å². The van der Waals surface area contributed by atoms with Crippen molar-refractivity contribution in [2.45, 2.75) is 25.3 Å². The van der Waals surface area contributed by atoms with E-state index in [1.807, 2.05) is 12.1 Å². The van der Waals surface area contributed by atoms with Gasteiger partial charge in [-0.1, -0.05) is 19.3 Å². The molecule has 1 atom stereocenters. The molecule has 1 aliphatic rings. The van der Waals surface area contributed by atoms with Crippen molar-refractivity contribution in [2.75, 3.05) is 27.9 Å². The SMILES string of the molecule is CO[PH+](OC)OC.[Cl][Ir+2].[c-]1ccccc1C1CCCC[N-]1. The van der Waals surface area contributed by atoms with Crippen LogP contribution in [0.1, 0.15) is 30.9 Å². The minimum Gasteiger partial charge on any atom is -0.657 e. The number of benzene rings is 1. The van der Waals surface area contributed by atoms with Crippen molar-refractivity contribution >= 4 is 18.2 Å². The van der Waals surface area contributed by atoms with Gasteiger partial charge >= 0.3 is 36.1 Å². The number of rotatable bonds is 4. The third-order valence-corrected chi connectivity index (χ3v) is 3.83. The van der Waals surface area contributed by atoms with Crippen LogP contribution in [0.2, 0.25) is 0 Å². The van der Waals surface area contributed by atoms with Crippen LogP contribution in [-0.2, 0) is 31.5 Å². The Kier molecular flexibility index (Phi) is 15.6. The molecule has 1 aromatic rings. The molecule has 2 rings (SSSR count). The molecule has 4 nitrogen and oxygen atoms in total. The Morgan fingerprint density at radius 3 is 2.24 bits per heavy atom. The maximum atomic E-state index is 4.71. The van der Waals surface area contributed by atoms with Crippen molar-refractivity contribution in [1.82, 2.24) is 0 Å². The first-order valence-electron chi connectivity index (χ1n) is 6.56. The van der Waals surface area contributed by atoms with E-state index in [0.717, 1.165) is 6.54 Å². The van der Waals surface area contributed by atoms with Crippen LogP contribution in [0.5, 0.6) is 0 Å². The fourth-order valence-corrected chi connectivity index (χ4v) is 2.41. The van der Waals surface area contributed by atoms with Crippen molar-refractivity contribution < 1.29 is 31.5 Å². The first kappa shape index (κ1) is 21.4. The zero-order chi connectivity index (χ0) is 15.9. The Morgan fingerprint density at radius 2 is 1.86 bits per heavy atom. The number of hydrogen-bond acceptors (Lipinski definition) is 3. The van der Waals surface area contributed by atoms with E-state index in [2.05, 4.69) is 33.1 Å². The molecular formula is C14H23ClIrNO3P+. The van der Waals surface area contributed by atoms with E-state index >= 15 is 0 Å². The van der Waals surface area contributed by atoms with Gasteiger partial charge in [0.05, 0.1) is 21.3 Å². The van der Waals surface area contributed by atoms with Gasteiger partial charge in [0.1, 0.15) is 0 Å². The van der Waals surface area contributed by atoms with Gasteiger partial charge < -0.3 is 5.32 Å². The van der Waals surface area contributed by atoms with Crippen LogP contribution in [0, 0.1) is 6.07 Å². The molecule has 1 aromatic carbocycles. The predicted octanol–water partition coefficient (Wildman–Crippen LogP) is 4.66. The second kappa shape index (κ2) is 15.3. The average molecular weight is 512 g/mol. The van der Waals surface area contributed by atoms with Crippen molar-refractivity contribution in [3.63, 3.8) is 0 Å². The molecule has 1 unspecified atom stereocenters. The first-order valence-corrected chi connectivity index (χ1v) is 10.8. The van der Waals surface area contributed by atoms with E-state index in [0.29, 0.717) is 6.04 Å². The molecule has 1 heterocycles. The fraction of sp³-hybridized carbons (Fsp3) is 0.571. The summed E-state index contributed by atoms with van der Waals surface area (Å²) in [7, 11) is 7.95. The smallest absolute Gasteiger partial charge is 0.0561 e. The van der Waals surface area contributed by atoms with Crippen LogP contribution in [0.4, 0.5) is 0 Å². The van der Waals surface area contributed by atoms with Crippen molar-refractivity contribution in [1.29, 1.82) is 0 Å². The average Bonchev–Trinajstić information content (AvgIpc) is 2.60. The van der Waals surface area contributed by atoms with Gasteiger partial charge in [-0.15, -0.1) is 12.6 Å². The van der Waals surface area contributed by atoms with E-state index in [1.54, 1.807) is 21.3 Å². The Hall–Kier alpha value is 0.429. The van der Waals surface area contributed by atoms with Crippen LogP contribution < -0.4 is 0 Å². The zero-order valence-electron chi connectivity index (χ0n) is 12.6. The molecule has 0 spiro atoms. The number of halogens is 1.